The topological polar surface area (TPSA) is 91.8 Å². The van der Waals surface area contributed by atoms with E-state index in [0.717, 1.165) is 11.5 Å². The van der Waals surface area contributed by atoms with Crippen molar-refractivity contribution in [3.8, 4) is 0 Å². The monoisotopic (exact) mass is 374 g/mol. The van der Waals surface area contributed by atoms with E-state index in [0.29, 0.717) is 32.6 Å². The van der Waals surface area contributed by atoms with Gasteiger partial charge in [0.2, 0.25) is 5.91 Å². The maximum Gasteiger partial charge on any atom is 0.273 e. The molecule has 146 valence electrons. The first-order valence-corrected chi connectivity index (χ1v) is 9.31. The Morgan fingerprint density at radius 1 is 1.30 bits per heavy atom. The van der Waals surface area contributed by atoms with Gasteiger partial charge in [-0.05, 0) is 39.3 Å². The van der Waals surface area contributed by atoms with Gasteiger partial charge in [-0.1, -0.05) is 5.16 Å². The second kappa shape index (κ2) is 8.39. The van der Waals surface area contributed by atoms with Crippen LogP contribution in [-0.2, 0) is 11.3 Å². The summed E-state index contributed by atoms with van der Waals surface area (Å²) in [5.74, 6) is 1.44. The third-order valence-electron chi connectivity index (χ3n) is 4.92. The fourth-order valence-electron chi connectivity index (χ4n) is 3.55. The molecule has 8 heteroatoms. The highest BCUT2D eigenvalue weighted by Gasteiger charge is 2.39. The number of nitrogens with one attached hydrogen (secondary N) is 1. The first-order chi connectivity index (χ1) is 13.0. The van der Waals surface area contributed by atoms with Gasteiger partial charge in [0.05, 0.1) is 12.6 Å². The quantitative estimate of drug-likeness (QED) is 0.795. The molecule has 27 heavy (non-hydrogen) atoms. The molecule has 0 aliphatic carbocycles. The first-order valence-electron chi connectivity index (χ1n) is 9.31. The Morgan fingerprint density at radius 2 is 2.07 bits per heavy atom. The average Bonchev–Trinajstić information content (AvgIpc) is 3.38. The molecular weight excluding hydrogens is 348 g/mol. The zero-order valence-corrected chi connectivity index (χ0v) is 16.0. The number of aryl methyl sites for hydroxylation is 1. The average molecular weight is 374 g/mol. The number of hydrogen-bond donors (Lipinski definition) is 1. The van der Waals surface area contributed by atoms with E-state index in [1.807, 2.05) is 37.8 Å². The van der Waals surface area contributed by atoms with Crippen LogP contribution in [0.5, 0.6) is 0 Å². The number of likely N-dealkylation sites (N-methyl/N-ethyl adjacent to an activating group) is 1. The summed E-state index contributed by atoms with van der Waals surface area (Å²) in [5, 5.41) is 6.62. The Balaban J connectivity index is 1.73. The smallest absolute Gasteiger partial charge is 0.273 e. The Labute approximate surface area is 158 Å². The number of furan rings is 1. The first kappa shape index (κ1) is 19.2. The Kier molecular flexibility index (Phi) is 5.95. The number of hydrogen-bond acceptors (Lipinski definition) is 6. The molecule has 0 radical (unpaired) electrons. The molecular formula is C19H26N4O4. The van der Waals surface area contributed by atoms with Crippen molar-refractivity contribution >= 4 is 11.8 Å². The number of nitrogens with zero attached hydrogens (tertiary/aromatic N) is 3. The van der Waals surface area contributed by atoms with Gasteiger partial charge in [-0.3, -0.25) is 14.5 Å². The minimum absolute atomic E-state index is 0.0847. The maximum absolute atomic E-state index is 13.0. The molecule has 2 aromatic rings. The molecule has 0 bridgehead atoms. The van der Waals surface area contributed by atoms with Crippen LogP contribution in [0.1, 0.15) is 42.3 Å². The summed E-state index contributed by atoms with van der Waals surface area (Å²) in [5.41, 5.74) is 0.238. The van der Waals surface area contributed by atoms with Gasteiger partial charge in [0.15, 0.2) is 5.69 Å². The van der Waals surface area contributed by atoms with Crippen molar-refractivity contribution in [3.63, 3.8) is 0 Å². The Morgan fingerprint density at radius 3 is 2.67 bits per heavy atom. The molecule has 8 nitrogen and oxygen atoms in total. The van der Waals surface area contributed by atoms with Crippen molar-refractivity contribution in [2.75, 3.05) is 19.6 Å². The van der Waals surface area contributed by atoms with E-state index in [2.05, 4.69) is 15.4 Å². The molecule has 1 aliphatic rings. The summed E-state index contributed by atoms with van der Waals surface area (Å²) in [6.45, 7) is 8.27. The lowest BCUT2D eigenvalue weighted by molar-refractivity contribution is -0.135. The van der Waals surface area contributed by atoms with Gasteiger partial charge in [0.1, 0.15) is 17.8 Å². The molecule has 1 fully saturated rings. The lowest BCUT2D eigenvalue weighted by atomic mass is 10.1. The third kappa shape index (κ3) is 4.39. The summed E-state index contributed by atoms with van der Waals surface area (Å²) in [6.07, 6.45) is 1.92. The van der Waals surface area contributed by atoms with Crippen molar-refractivity contribution in [3.05, 3.63) is 41.7 Å². The number of rotatable bonds is 7. The summed E-state index contributed by atoms with van der Waals surface area (Å²) in [6, 6.07) is 4.92. The summed E-state index contributed by atoms with van der Waals surface area (Å²) in [4.78, 5) is 29.2. The van der Waals surface area contributed by atoms with Gasteiger partial charge < -0.3 is 19.2 Å². The number of carbonyl (C=O) groups excluding carboxylic acids is 2. The van der Waals surface area contributed by atoms with E-state index >= 15 is 0 Å². The van der Waals surface area contributed by atoms with Crippen LogP contribution in [0.15, 0.2) is 33.4 Å². The second-order valence-corrected chi connectivity index (χ2v) is 6.76. The summed E-state index contributed by atoms with van der Waals surface area (Å²) >= 11 is 0. The number of likely N-dealkylation sites (tertiary alicyclic amines) is 1. The second-order valence-electron chi connectivity index (χ2n) is 6.76. The highest BCUT2D eigenvalue weighted by molar-refractivity contribution is 5.92. The van der Waals surface area contributed by atoms with E-state index in [9.17, 15) is 9.59 Å². The van der Waals surface area contributed by atoms with E-state index in [-0.39, 0.29) is 29.6 Å². The minimum Gasteiger partial charge on any atom is -0.465 e. The van der Waals surface area contributed by atoms with Crippen molar-refractivity contribution in [2.24, 2.45) is 0 Å². The molecule has 2 unspecified atom stereocenters. The molecule has 1 N–H and O–H groups in total. The molecule has 2 amide bonds. The molecule has 1 aliphatic heterocycles. The van der Waals surface area contributed by atoms with Crippen LogP contribution in [0.4, 0.5) is 0 Å². The van der Waals surface area contributed by atoms with Gasteiger partial charge in [-0.25, -0.2) is 0 Å². The zero-order chi connectivity index (χ0) is 19.4. The molecule has 0 spiro atoms. The van der Waals surface area contributed by atoms with Crippen LogP contribution < -0.4 is 5.32 Å². The van der Waals surface area contributed by atoms with E-state index < -0.39 is 0 Å². The summed E-state index contributed by atoms with van der Waals surface area (Å²) < 4.78 is 10.4. The van der Waals surface area contributed by atoms with E-state index in [1.54, 1.807) is 0 Å². The molecule has 0 aromatic carbocycles. The van der Waals surface area contributed by atoms with Crippen molar-refractivity contribution < 1.29 is 18.5 Å². The molecule has 2 atom stereocenters. The molecule has 2 aromatic heterocycles. The lowest BCUT2D eigenvalue weighted by Crippen LogP contribution is -2.45. The summed E-state index contributed by atoms with van der Waals surface area (Å²) in [7, 11) is 0. The third-order valence-corrected chi connectivity index (χ3v) is 4.92. The van der Waals surface area contributed by atoms with Gasteiger partial charge in [-0.15, -0.1) is 0 Å². The van der Waals surface area contributed by atoms with Crippen LogP contribution in [0.25, 0.3) is 0 Å². The fourth-order valence-corrected chi connectivity index (χ4v) is 3.55. The molecule has 0 saturated carbocycles. The van der Waals surface area contributed by atoms with Crippen molar-refractivity contribution in [1.82, 2.24) is 20.3 Å². The fraction of sp³-hybridized carbons (Fsp3) is 0.526. The van der Waals surface area contributed by atoms with Gasteiger partial charge in [0.25, 0.3) is 5.91 Å². The Hall–Kier alpha value is -2.61. The molecule has 1 saturated heterocycles. The van der Waals surface area contributed by atoms with Crippen LogP contribution in [0.2, 0.25) is 0 Å². The zero-order valence-electron chi connectivity index (χ0n) is 16.0. The van der Waals surface area contributed by atoms with E-state index in [4.69, 9.17) is 8.94 Å². The number of amides is 2. The Bertz CT molecular complexity index is 767. The van der Waals surface area contributed by atoms with Crippen LogP contribution >= 0.6 is 0 Å². The molecule has 3 heterocycles. The SMILES string of the molecule is CCN(CC)C(=O)C1CC(NC(=O)c2ccon2)CN1Cc1ccc(C)o1. The number of carbonyl (C=O) groups is 2. The van der Waals surface area contributed by atoms with Gasteiger partial charge >= 0.3 is 0 Å². The minimum atomic E-state index is -0.294. The normalized spacial score (nSPS) is 20.0. The van der Waals surface area contributed by atoms with Crippen LogP contribution in [-0.4, -0.2) is 58.5 Å². The number of aromatic nitrogens is 1. The van der Waals surface area contributed by atoms with Gasteiger partial charge in [-0.2, -0.15) is 0 Å². The maximum atomic E-state index is 13.0. The largest absolute Gasteiger partial charge is 0.465 e. The van der Waals surface area contributed by atoms with Crippen molar-refractivity contribution in [1.29, 1.82) is 0 Å². The van der Waals surface area contributed by atoms with Crippen LogP contribution in [0.3, 0.4) is 0 Å². The molecule has 3 rings (SSSR count). The van der Waals surface area contributed by atoms with Crippen molar-refractivity contribution in [2.45, 2.75) is 45.8 Å². The van der Waals surface area contributed by atoms with E-state index in [1.165, 1.54) is 12.3 Å². The van der Waals surface area contributed by atoms with Crippen LogP contribution in [0, 0.1) is 6.92 Å². The predicted octanol–water partition coefficient (Wildman–Crippen LogP) is 1.82. The standard InChI is InChI=1S/C19H26N4O4/c1-4-22(5-2)19(25)17-10-14(20-18(24)16-8-9-26-21-16)11-23(17)12-15-7-6-13(3)27-15/h6-9,14,17H,4-5,10-12H2,1-3H3,(H,20,24). The van der Waals surface area contributed by atoms with Gasteiger partial charge in [0, 0.05) is 31.7 Å². The highest BCUT2D eigenvalue weighted by Crippen LogP contribution is 2.23. The predicted molar refractivity (Wildman–Crippen MR) is 97.9 cm³/mol. The lowest BCUT2D eigenvalue weighted by Gasteiger charge is -2.28. The highest BCUT2D eigenvalue weighted by atomic mass is 16.5.